The molecule has 1 aliphatic rings. The Labute approximate surface area is 121 Å². The van der Waals surface area contributed by atoms with Gasteiger partial charge in [0.25, 0.3) is 0 Å². The van der Waals surface area contributed by atoms with Gasteiger partial charge in [0.05, 0.1) is 13.2 Å². The van der Waals surface area contributed by atoms with Crippen molar-refractivity contribution < 1.29 is 24.8 Å². The number of unbranched alkanes of at least 4 members (excludes halogenated alkanes) is 6. The summed E-state index contributed by atoms with van der Waals surface area (Å²) in [6.07, 6.45) is 5.23. The van der Waals surface area contributed by atoms with Crippen LogP contribution in [0.15, 0.2) is 0 Å². The van der Waals surface area contributed by atoms with Crippen molar-refractivity contribution in [3.63, 3.8) is 0 Å². The van der Waals surface area contributed by atoms with Crippen molar-refractivity contribution in [2.75, 3.05) is 19.8 Å². The molecule has 0 amide bonds. The third-order valence-corrected chi connectivity index (χ3v) is 3.85. The predicted octanol–water partition coefficient (Wildman–Crippen LogP) is 1.24. The molecule has 1 rings (SSSR count). The molecule has 0 bridgehead atoms. The van der Waals surface area contributed by atoms with Crippen molar-refractivity contribution in [2.45, 2.75) is 76.3 Å². The summed E-state index contributed by atoms with van der Waals surface area (Å²) in [7, 11) is 0. The lowest BCUT2D eigenvalue weighted by Gasteiger charge is -2.36. The van der Waals surface area contributed by atoms with Crippen LogP contribution in [0.3, 0.4) is 0 Å². The van der Waals surface area contributed by atoms with E-state index in [0.29, 0.717) is 6.61 Å². The maximum Gasteiger partial charge on any atom is 0.111 e. The number of hydrogen-bond donors (Lipinski definition) is 3. The Bertz CT molecular complexity index is 236. The Morgan fingerprint density at radius 3 is 2.30 bits per heavy atom. The summed E-state index contributed by atoms with van der Waals surface area (Å²) in [6, 6.07) is 0. The number of aliphatic hydroxyl groups is 3. The fraction of sp³-hybridized carbons (Fsp3) is 1.00. The summed E-state index contributed by atoms with van der Waals surface area (Å²) in [5, 5.41) is 28.6. The van der Waals surface area contributed by atoms with Crippen LogP contribution in [-0.2, 0) is 9.47 Å². The van der Waals surface area contributed by atoms with E-state index in [2.05, 4.69) is 6.92 Å². The zero-order chi connectivity index (χ0) is 14.8. The van der Waals surface area contributed by atoms with E-state index in [1.807, 2.05) is 0 Å². The summed E-state index contributed by atoms with van der Waals surface area (Å²) in [6.45, 7) is 2.72. The average Bonchev–Trinajstić information content (AvgIpc) is 2.46. The highest BCUT2D eigenvalue weighted by atomic mass is 16.6. The lowest BCUT2D eigenvalue weighted by Crippen LogP contribution is -2.55. The molecule has 1 saturated heterocycles. The quantitative estimate of drug-likeness (QED) is 0.528. The van der Waals surface area contributed by atoms with Crippen LogP contribution in [0.1, 0.15) is 51.9 Å². The van der Waals surface area contributed by atoms with Crippen molar-refractivity contribution in [3.05, 3.63) is 0 Å². The minimum atomic E-state index is -1.08. The highest BCUT2D eigenvalue weighted by Crippen LogP contribution is 2.18. The highest BCUT2D eigenvalue weighted by Gasteiger charge is 2.38. The first-order valence-electron chi connectivity index (χ1n) is 7.90. The third kappa shape index (κ3) is 6.06. The number of rotatable bonds is 10. The second-order valence-corrected chi connectivity index (χ2v) is 5.57. The number of ether oxygens (including phenoxy) is 2. The molecule has 5 nitrogen and oxygen atoms in total. The molecule has 0 radical (unpaired) electrons. The molecule has 3 N–H and O–H groups in total. The molecule has 0 unspecified atom stereocenters. The standard InChI is InChI=1S/C15H30O5/c1-2-3-4-5-6-7-8-9-19-13-11-20-12(10-16)14(17)15(13)18/h12-18H,2-11H2,1H3/t12-,13+,14-,15-/m1/s1. The molecule has 20 heavy (non-hydrogen) atoms. The van der Waals surface area contributed by atoms with E-state index in [9.17, 15) is 10.2 Å². The Hall–Kier alpha value is -0.200. The second-order valence-electron chi connectivity index (χ2n) is 5.57. The van der Waals surface area contributed by atoms with E-state index in [1.54, 1.807) is 0 Å². The van der Waals surface area contributed by atoms with Gasteiger partial charge < -0.3 is 24.8 Å². The lowest BCUT2D eigenvalue weighted by molar-refractivity contribution is -0.208. The fourth-order valence-corrected chi connectivity index (χ4v) is 2.46. The summed E-state index contributed by atoms with van der Waals surface area (Å²) in [5.74, 6) is 0. The smallest absolute Gasteiger partial charge is 0.111 e. The van der Waals surface area contributed by atoms with E-state index in [0.717, 1.165) is 12.8 Å². The van der Waals surface area contributed by atoms with Gasteiger partial charge in [0, 0.05) is 6.61 Å². The van der Waals surface area contributed by atoms with Crippen LogP contribution < -0.4 is 0 Å². The van der Waals surface area contributed by atoms with Gasteiger partial charge in [0.1, 0.15) is 24.4 Å². The van der Waals surface area contributed by atoms with Crippen LogP contribution in [0.5, 0.6) is 0 Å². The molecule has 1 heterocycles. The molecule has 0 saturated carbocycles. The van der Waals surface area contributed by atoms with E-state index in [1.165, 1.54) is 32.1 Å². The average molecular weight is 290 g/mol. The zero-order valence-electron chi connectivity index (χ0n) is 12.5. The van der Waals surface area contributed by atoms with Gasteiger partial charge >= 0.3 is 0 Å². The number of aliphatic hydroxyl groups excluding tert-OH is 3. The fourth-order valence-electron chi connectivity index (χ4n) is 2.46. The van der Waals surface area contributed by atoms with Gasteiger partial charge in [0.15, 0.2) is 0 Å². The van der Waals surface area contributed by atoms with E-state index < -0.39 is 24.4 Å². The number of hydrogen-bond acceptors (Lipinski definition) is 5. The topological polar surface area (TPSA) is 79.2 Å². The Balaban J connectivity index is 2.04. The van der Waals surface area contributed by atoms with Crippen LogP contribution in [0.25, 0.3) is 0 Å². The Kier molecular flexibility index (Phi) is 9.39. The van der Waals surface area contributed by atoms with E-state index in [-0.39, 0.29) is 13.2 Å². The lowest BCUT2D eigenvalue weighted by atomic mass is 10.0. The Morgan fingerprint density at radius 2 is 1.65 bits per heavy atom. The van der Waals surface area contributed by atoms with Gasteiger partial charge in [-0.25, -0.2) is 0 Å². The predicted molar refractivity (Wildman–Crippen MR) is 76.6 cm³/mol. The van der Waals surface area contributed by atoms with Crippen molar-refractivity contribution in [2.24, 2.45) is 0 Å². The molecule has 0 aromatic rings. The van der Waals surface area contributed by atoms with Crippen LogP contribution in [0.4, 0.5) is 0 Å². The molecule has 1 aliphatic heterocycles. The summed E-state index contributed by atoms with van der Waals surface area (Å²) < 4.78 is 10.8. The van der Waals surface area contributed by atoms with Gasteiger partial charge in [0.2, 0.25) is 0 Å². The van der Waals surface area contributed by atoms with Crippen molar-refractivity contribution in [1.29, 1.82) is 0 Å². The first-order chi connectivity index (χ1) is 9.70. The maximum atomic E-state index is 9.87. The molecule has 1 fully saturated rings. The third-order valence-electron chi connectivity index (χ3n) is 3.85. The molecule has 0 aromatic heterocycles. The van der Waals surface area contributed by atoms with Gasteiger partial charge in [-0.3, -0.25) is 0 Å². The molecular formula is C15H30O5. The van der Waals surface area contributed by atoms with Crippen molar-refractivity contribution in [1.82, 2.24) is 0 Å². The first kappa shape index (κ1) is 17.9. The van der Waals surface area contributed by atoms with Crippen LogP contribution in [-0.4, -0.2) is 59.6 Å². The molecule has 5 heteroatoms. The van der Waals surface area contributed by atoms with Crippen LogP contribution in [0, 0.1) is 0 Å². The van der Waals surface area contributed by atoms with Crippen LogP contribution in [0.2, 0.25) is 0 Å². The monoisotopic (exact) mass is 290 g/mol. The van der Waals surface area contributed by atoms with Gasteiger partial charge in [-0.05, 0) is 6.42 Å². The largest absolute Gasteiger partial charge is 0.394 e. The maximum absolute atomic E-state index is 9.87. The zero-order valence-corrected chi connectivity index (χ0v) is 12.5. The summed E-state index contributed by atoms with van der Waals surface area (Å²) >= 11 is 0. The molecule has 0 aliphatic carbocycles. The highest BCUT2D eigenvalue weighted by molar-refractivity contribution is 4.87. The van der Waals surface area contributed by atoms with Gasteiger partial charge in [-0.2, -0.15) is 0 Å². The molecule has 4 atom stereocenters. The molecule has 0 aromatic carbocycles. The first-order valence-corrected chi connectivity index (χ1v) is 7.90. The summed E-state index contributed by atoms with van der Waals surface area (Å²) in [5.41, 5.74) is 0. The minimum Gasteiger partial charge on any atom is -0.394 e. The summed E-state index contributed by atoms with van der Waals surface area (Å²) in [4.78, 5) is 0. The Morgan fingerprint density at radius 1 is 1.00 bits per heavy atom. The molecule has 120 valence electrons. The van der Waals surface area contributed by atoms with E-state index in [4.69, 9.17) is 14.6 Å². The molecule has 0 spiro atoms. The van der Waals surface area contributed by atoms with Crippen molar-refractivity contribution >= 4 is 0 Å². The molecular weight excluding hydrogens is 260 g/mol. The van der Waals surface area contributed by atoms with Gasteiger partial charge in [-0.1, -0.05) is 45.4 Å². The van der Waals surface area contributed by atoms with Crippen molar-refractivity contribution in [3.8, 4) is 0 Å². The normalized spacial score (nSPS) is 30.6. The van der Waals surface area contributed by atoms with Crippen LogP contribution >= 0.6 is 0 Å². The minimum absolute atomic E-state index is 0.222. The second kappa shape index (κ2) is 10.5. The van der Waals surface area contributed by atoms with E-state index >= 15 is 0 Å². The SMILES string of the molecule is CCCCCCCCCO[C@H]1CO[C@H](CO)[C@@H](O)[C@@H]1O. The van der Waals surface area contributed by atoms with Gasteiger partial charge in [-0.15, -0.1) is 0 Å².